The first-order valence-electron chi connectivity index (χ1n) is 11.8. The van der Waals surface area contributed by atoms with Crippen LogP contribution in [0.1, 0.15) is 22.7 Å². The lowest BCUT2D eigenvalue weighted by molar-refractivity contribution is -0.125. The minimum absolute atomic E-state index is 0.150. The molecule has 1 unspecified atom stereocenters. The van der Waals surface area contributed by atoms with Crippen LogP contribution in [0.4, 0.5) is 11.4 Å². The minimum atomic E-state index is -1.01. The summed E-state index contributed by atoms with van der Waals surface area (Å²) < 4.78 is 5.36. The van der Waals surface area contributed by atoms with Gasteiger partial charge in [0.25, 0.3) is 0 Å². The van der Waals surface area contributed by atoms with Crippen molar-refractivity contribution in [2.45, 2.75) is 19.4 Å². The number of nitrogens with one attached hydrogen (secondary N) is 2. The zero-order valence-corrected chi connectivity index (χ0v) is 21.6. The number of carbonyl (C=O) groups is 3. The summed E-state index contributed by atoms with van der Waals surface area (Å²) in [6.07, 6.45) is 0.633. The first kappa shape index (κ1) is 27.7. The molecular weight excluding hydrogens is 492 g/mol. The summed E-state index contributed by atoms with van der Waals surface area (Å²) >= 11 is 6.01. The molecule has 3 rings (SSSR count). The Morgan fingerprint density at radius 3 is 2.32 bits per heavy atom. The third-order valence-corrected chi connectivity index (χ3v) is 6.03. The maximum Gasteiger partial charge on any atom is 0.247 e. The topological polar surface area (TPSA) is 114 Å². The van der Waals surface area contributed by atoms with Gasteiger partial charge >= 0.3 is 0 Å². The highest BCUT2D eigenvalue weighted by Crippen LogP contribution is 2.32. The number of ether oxygens (including phenoxy) is 1. The molecule has 0 aliphatic rings. The molecule has 0 saturated heterocycles. The number of carbonyl (C=O) groups excluding carboxylic acids is 3. The van der Waals surface area contributed by atoms with E-state index in [0.29, 0.717) is 35.7 Å². The van der Waals surface area contributed by atoms with Crippen molar-refractivity contribution in [3.63, 3.8) is 0 Å². The van der Waals surface area contributed by atoms with Crippen molar-refractivity contribution in [2.24, 2.45) is 5.73 Å². The van der Waals surface area contributed by atoms with Crippen molar-refractivity contribution in [2.75, 3.05) is 36.3 Å². The number of alkyl halides is 1. The summed E-state index contributed by atoms with van der Waals surface area (Å²) in [5.41, 5.74) is 8.85. The van der Waals surface area contributed by atoms with Crippen LogP contribution in [0.3, 0.4) is 0 Å². The van der Waals surface area contributed by atoms with Crippen molar-refractivity contribution >= 4 is 40.7 Å². The third-order valence-electron chi connectivity index (χ3n) is 5.80. The second-order valence-electron chi connectivity index (χ2n) is 8.35. The Morgan fingerprint density at radius 2 is 1.73 bits per heavy atom. The van der Waals surface area contributed by atoms with Crippen LogP contribution < -0.4 is 26.0 Å². The number of nitrogens with zero attached hydrogens (tertiary/aromatic N) is 1. The maximum absolute atomic E-state index is 13.6. The number of halogens is 1. The Hall–Kier alpha value is -3.88. The molecule has 4 N–H and O–H groups in total. The van der Waals surface area contributed by atoms with E-state index in [4.69, 9.17) is 22.1 Å². The second-order valence-corrected chi connectivity index (χ2v) is 8.62. The smallest absolute Gasteiger partial charge is 0.247 e. The van der Waals surface area contributed by atoms with E-state index in [0.717, 1.165) is 11.1 Å². The number of aryl methyl sites for hydroxylation is 1. The minimum Gasteiger partial charge on any atom is -0.496 e. The summed E-state index contributed by atoms with van der Waals surface area (Å²) in [6, 6.07) is 20.7. The molecular formula is C28H31ClN4O4. The SMILES string of the molecule is COc1ccc(N(C(=O)CCl)C(C(=O)NCCc2ccccc2)c2ccc(NC(=O)CN)cc2)cc1C. The second kappa shape index (κ2) is 13.4. The van der Waals surface area contributed by atoms with Crippen molar-refractivity contribution in [3.05, 3.63) is 89.5 Å². The van der Waals surface area contributed by atoms with Gasteiger partial charge in [-0.3, -0.25) is 19.3 Å². The Bertz CT molecular complexity index is 1220. The molecule has 3 aromatic rings. The van der Waals surface area contributed by atoms with Gasteiger partial charge in [0, 0.05) is 17.9 Å². The molecule has 37 heavy (non-hydrogen) atoms. The molecule has 0 aromatic heterocycles. The Labute approximate surface area is 221 Å². The van der Waals surface area contributed by atoms with Crippen LogP contribution in [0, 0.1) is 6.92 Å². The van der Waals surface area contributed by atoms with Gasteiger partial charge in [-0.1, -0.05) is 42.5 Å². The normalized spacial score (nSPS) is 11.4. The highest BCUT2D eigenvalue weighted by molar-refractivity contribution is 6.29. The van der Waals surface area contributed by atoms with Gasteiger partial charge in [0.1, 0.15) is 17.7 Å². The molecule has 0 fully saturated rings. The largest absolute Gasteiger partial charge is 0.496 e. The van der Waals surface area contributed by atoms with E-state index in [-0.39, 0.29) is 24.2 Å². The van der Waals surface area contributed by atoms with Gasteiger partial charge in [-0.25, -0.2) is 0 Å². The van der Waals surface area contributed by atoms with Gasteiger partial charge in [-0.2, -0.15) is 0 Å². The molecule has 0 aliphatic carbocycles. The van der Waals surface area contributed by atoms with E-state index in [1.54, 1.807) is 49.6 Å². The first-order chi connectivity index (χ1) is 17.9. The van der Waals surface area contributed by atoms with Gasteiger partial charge in [0.2, 0.25) is 17.7 Å². The molecule has 0 bridgehead atoms. The fraction of sp³-hybridized carbons (Fsp3) is 0.250. The van der Waals surface area contributed by atoms with Gasteiger partial charge < -0.3 is 21.1 Å². The summed E-state index contributed by atoms with van der Waals surface area (Å²) in [5.74, 6) is -0.790. The molecule has 3 aromatic carbocycles. The highest BCUT2D eigenvalue weighted by atomic mass is 35.5. The van der Waals surface area contributed by atoms with Crippen molar-refractivity contribution < 1.29 is 19.1 Å². The molecule has 8 nitrogen and oxygen atoms in total. The first-order valence-corrected chi connectivity index (χ1v) is 12.4. The van der Waals surface area contributed by atoms with Crippen LogP contribution in [0.2, 0.25) is 0 Å². The molecule has 1 atom stereocenters. The molecule has 0 spiro atoms. The fourth-order valence-corrected chi connectivity index (χ4v) is 4.09. The van der Waals surface area contributed by atoms with Crippen LogP contribution in [0.15, 0.2) is 72.8 Å². The Kier molecular flexibility index (Phi) is 10.1. The lowest BCUT2D eigenvalue weighted by atomic mass is 10.0. The number of rotatable bonds is 11. The highest BCUT2D eigenvalue weighted by Gasteiger charge is 2.32. The number of amides is 3. The molecule has 0 aliphatic heterocycles. The lowest BCUT2D eigenvalue weighted by Crippen LogP contribution is -2.45. The third kappa shape index (κ3) is 7.31. The van der Waals surface area contributed by atoms with E-state index < -0.39 is 11.9 Å². The predicted octanol–water partition coefficient (Wildman–Crippen LogP) is 3.57. The molecule has 194 valence electrons. The van der Waals surface area contributed by atoms with E-state index >= 15 is 0 Å². The van der Waals surface area contributed by atoms with Crippen LogP contribution in [-0.2, 0) is 20.8 Å². The number of methoxy groups -OCH3 is 1. The molecule has 0 heterocycles. The lowest BCUT2D eigenvalue weighted by Gasteiger charge is -2.31. The maximum atomic E-state index is 13.6. The van der Waals surface area contributed by atoms with Crippen molar-refractivity contribution in [3.8, 4) is 5.75 Å². The molecule has 0 radical (unpaired) electrons. The van der Waals surface area contributed by atoms with Crippen molar-refractivity contribution in [1.82, 2.24) is 5.32 Å². The number of benzene rings is 3. The van der Waals surface area contributed by atoms with Crippen LogP contribution in [0.5, 0.6) is 5.75 Å². The number of anilines is 2. The van der Waals surface area contributed by atoms with E-state index in [2.05, 4.69) is 10.6 Å². The molecule has 0 saturated carbocycles. The van der Waals surface area contributed by atoms with Gasteiger partial charge in [-0.05, 0) is 60.4 Å². The Morgan fingerprint density at radius 1 is 1.03 bits per heavy atom. The molecule has 9 heteroatoms. The van der Waals surface area contributed by atoms with Crippen LogP contribution in [-0.4, -0.2) is 43.8 Å². The molecule has 3 amide bonds. The zero-order chi connectivity index (χ0) is 26.8. The van der Waals surface area contributed by atoms with E-state index in [1.807, 2.05) is 37.3 Å². The number of hydrogen-bond acceptors (Lipinski definition) is 5. The monoisotopic (exact) mass is 522 g/mol. The Balaban J connectivity index is 1.97. The van der Waals surface area contributed by atoms with Gasteiger partial charge in [0.05, 0.1) is 13.7 Å². The van der Waals surface area contributed by atoms with Gasteiger partial charge in [-0.15, -0.1) is 11.6 Å². The van der Waals surface area contributed by atoms with E-state index in [1.165, 1.54) is 4.90 Å². The average Bonchev–Trinajstić information content (AvgIpc) is 2.92. The summed E-state index contributed by atoms with van der Waals surface area (Å²) in [7, 11) is 1.57. The van der Waals surface area contributed by atoms with E-state index in [9.17, 15) is 14.4 Å². The quantitative estimate of drug-likeness (QED) is 0.333. The van der Waals surface area contributed by atoms with Gasteiger partial charge in [0.15, 0.2) is 0 Å². The summed E-state index contributed by atoms with van der Waals surface area (Å²) in [5, 5.41) is 5.64. The summed E-state index contributed by atoms with van der Waals surface area (Å²) in [6.45, 7) is 2.09. The summed E-state index contributed by atoms with van der Waals surface area (Å²) in [4.78, 5) is 39.8. The fourth-order valence-electron chi connectivity index (χ4n) is 3.96. The zero-order valence-electron chi connectivity index (χ0n) is 20.9. The van der Waals surface area contributed by atoms with Crippen molar-refractivity contribution in [1.29, 1.82) is 0 Å². The predicted molar refractivity (Wildman–Crippen MR) is 146 cm³/mol. The van der Waals surface area contributed by atoms with Crippen LogP contribution >= 0.6 is 11.6 Å². The average molecular weight is 523 g/mol. The number of hydrogen-bond donors (Lipinski definition) is 3. The standard InChI is InChI=1S/C28H31ClN4O4/c1-19-16-23(12-13-24(19)37-2)33(26(35)17-29)27(21-8-10-22(11-9-21)32-25(34)18-30)28(36)31-15-14-20-6-4-3-5-7-20/h3-13,16,27H,14-15,17-18,30H2,1-2H3,(H,31,36)(H,32,34). The number of nitrogens with two attached hydrogens (primary N) is 1. The van der Waals surface area contributed by atoms with Crippen LogP contribution in [0.25, 0.3) is 0 Å².